The maximum absolute atomic E-state index is 13.4. The van der Waals surface area contributed by atoms with Crippen molar-refractivity contribution in [2.45, 2.75) is 12.0 Å². The molecular formula is C24H20ClNO3. The highest BCUT2D eigenvalue weighted by atomic mass is 35.5. The van der Waals surface area contributed by atoms with E-state index in [0.717, 1.165) is 5.56 Å². The van der Waals surface area contributed by atoms with E-state index in [4.69, 9.17) is 16.3 Å². The zero-order chi connectivity index (χ0) is 20.4. The molecule has 1 aliphatic rings. The van der Waals surface area contributed by atoms with Crippen LogP contribution in [0.1, 0.15) is 31.8 Å². The number of carbonyl (C=O) groups excluding carboxylic acids is 2. The molecule has 3 aromatic rings. The van der Waals surface area contributed by atoms with E-state index in [2.05, 4.69) is 5.32 Å². The lowest BCUT2D eigenvalue weighted by Crippen LogP contribution is -2.52. The molecule has 0 bridgehead atoms. The first-order valence-electron chi connectivity index (χ1n) is 9.39. The van der Waals surface area contributed by atoms with Crippen LogP contribution < -0.4 is 10.1 Å². The third-order valence-electron chi connectivity index (χ3n) is 5.34. The summed E-state index contributed by atoms with van der Waals surface area (Å²) in [7, 11) is 1.58. The second kappa shape index (κ2) is 7.82. The molecular weight excluding hydrogens is 386 g/mol. The lowest BCUT2D eigenvalue weighted by Gasteiger charge is -2.28. The second-order valence-electron chi connectivity index (χ2n) is 6.99. The van der Waals surface area contributed by atoms with E-state index < -0.39 is 5.54 Å². The third kappa shape index (κ3) is 3.35. The smallest absolute Gasteiger partial charge is 0.196 e. The highest BCUT2D eigenvalue weighted by Crippen LogP contribution is 2.38. The number of ether oxygens (including phenoxy) is 1. The first kappa shape index (κ1) is 19.4. The van der Waals surface area contributed by atoms with Gasteiger partial charge in [-0.1, -0.05) is 60.1 Å². The van der Waals surface area contributed by atoms with E-state index in [9.17, 15) is 9.59 Å². The van der Waals surface area contributed by atoms with Crippen molar-refractivity contribution in [1.82, 2.24) is 5.32 Å². The summed E-state index contributed by atoms with van der Waals surface area (Å²) in [6.07, 6.45) is 0.659. The summed E-state index contributed by atoms with van der Waals surface area (Å²) in [4.78, 5) is 26.9. The summed E-state index contributed by atoms with van der Waals surface area (Å²) >= 11 is 5.95. The van der Waals surface area contributed by atoms with Gasteiger partial charge in [0.05, 0.1) is 7.11 Å². The Morgan fingerprint density at radius 3 is 2.00 bits per heavy atom. The summed E-state index contributed by atoms with van der Waals surface area (Å²) < 4.78 is 5.23. The summed E-state index contributed by atoms with van der Waals surface area (Å²) in [5.41, 5.74) is 1.16. The van der Waals surface area contributed by atoms with Crippen LogP contribution in [-0.2, 0) is 12.0 Å². The predicted molar refractivity (Wildman–Crippen MR) is 113 cm³/mol. The molecule has 29 heavy (non-hydrogen) atoms. The van der Waals surface area contributed by atoms with Crippen molar-refractivity contribution in [3.63, 3.8) is 0 Å². The van der Waals surface area contributed by atoms with Crippen LogP contribution in [0, 0.1) is 0 Å². The Hall–Kier alpha value is -2.95. The van der Waals surface area contributed by atoms with Crippen molar-refractivity contribution >= 4 is 23.2 Å². The molecule has 0 spiro atoms. The van der Waals surface area contributed by atoms with E-state index in [1.165, 1.54) is 0 Å². The maximum Gasteiger partial charge on any atom is 0.196 e. The van der Waals surface area contributed by atoms with Crippen LogP contribution in [0.5, 0.6) is 5.75 Å². The largest absolute Gasteiger partial charge is 0.497 e. The minimum Gasteiger partial charge on any atom is -0.497 e. The van der Waals surface area contributed by atoms with Gasteiger partial charge in [0.1, 0.15) is 5.75 Å². The second-order valence-corrected chi connectivity index (χ2v) is 7.42. The summed E-state index contributed by atoms with van der Waals surface area (Å²) in [5, 5.41) is 3.96. The SMILES string of the molecule is COc1ccc(C2(NCCc3ccc(Cl)cc3)C(=O)c3ccccc3C2=O)cc1. The molecule has 4 nitrogen and oxygen atoms in total. The van der Waals surface area contributed by atoms with Crippen molar-refractivity contribution < 1.29 is 14.3 Å². The number of benzene rings is 3. The zero-order valence-corrected chi connectivity index (χ0v) is 16.7. The number of carbonyl (C=O) groups is 2. The van der Waals surface area contributed by atoms with Crippen molar-refractivity contribution in [2.75, 3.05) is 13.7 Å². The van der Waals surface area contributed by atoms with Crippen LogP contribution in [0.25, 0.3) is 0 Å². The lowest BCUT2D eigenvalue weighted by molar-refractivity contribution is 0.0755. The number of methoxy groups -OCH3 is 1. The van der Waals surface area contributed by atoms with Gasteiger partial charge in [0.15, 0.2) is 17.1 Å². The van der Waals surface area contributed by atoms with Gasteiger partial charge in [-0.3, -0.25) is 14.9 Å². The molecule has 1 N–H and O–H groups in total. The Morgan fingerprint density at radius 2 is 1.45 bits per heavy atom. The molecule has 3 aromatic carbocycles. The summed E-state index contributed by atoms with van der Waals surface area (Å²) in [6, 6.07) is 21.6. The number of rotatable bonds is 6. The molecule has 0 saturated carbocycles. The lowest BCUT2D eigenvalue weighted by atomic mass is 9.84. The Balaban J connectivity index is 1.69. The Kier molecular flexibility index (Phi) is 5.22. The van der Waals surface area contributed by atoms with Crippen LogP contribution in [0.3, 0.4) is 0 Å². The van der Waals surface area contributed by atoms with Gasteiger partial charge in [0.25, 0.3) is 0 Å². The fourth-order valence-corrected chi connectivity index (χ4v) is 3.92. The number of nitrogens with one attached hydrogen (secondary N) is 1. The standard InChI is InChI=1S/C24H20ClNO3/c1-29-19-12-8-17(9-13-19)24(26-15-14-16-6-10-18(25)11-7-16)22(27)20-4-2-3-5-21(20)23(24)28/h2-13,26H,14-15H2,1H3. The van der Waals surface area contributed by atoms with E-state index in [1.807, 2.05) is 24.3 Å². The molecule has 0 aromatic heterocycles. The molecule has 4 rings (SSSR count). The van der Waals surface area contributed by atoms with Crippen LogP contribution in [-0.4, -0.2) is 25.2 Å². The van der Waals surface area contributed by atoms with Crippen molar-refractivity contribution in [3.05, 3.63) is 100 Å². The molecule has 5 heteroatoms. The van der Waals surface area contributed by atoms with Crippen LogP contribution in [0.15, 0.2) is 72.8 Å². The average molecular weight is 406 g/mol. The third-order valence-corrected chi connectivity index (χ3v) is 5.59. The number of ketones is 2. The van der Waals surface area contributed by atoms with Gasteiger partial charge in [-0.25, -0.2) is 0 Å². The first-order chi connectivity index (χ1) is 14.1. The molecule has 0 saturated heterocycles. The van der Waals surface area contributed by atoms with Crippen molar-refractivity contribution in [1.29, 1.82) is 0 Å². The topological polar surface area (TPSA) is 55.4 Å². The molecule has 0 radical (unpaired) electrons. The number of fused-ring (bicyclic) bond motifs is 1. The highest BCUT2D eigenvalue weighted by Gasteiger charge is 2.53. The molecule has 0 heterocycles. The van der Waals surface area contributed by atoms with Crippen molar-refractivity contribution in [2.24, 2.45) is 0 Å². The van der Waals surface area contributed by atoms with E-state index in [-0.39, 0.29) is 11.6 Å². The molecule has 0 atom stereocenters. The maximum atomic E-state index is 13.4. The van der Waals surface area contributed by atoms with Crippen LogP contribution in [0.2, 0.25) is 5.02 Å². The van der Waals surface area contributed by atoms with Crippen molar-refractivity contribution in [3.8, 4) is 5.75 Å². The van der Waals surface area contributed by atoms with Gasteiger partial charge in [-0.2, -0.15) is 0 Å². The molecule has 0 amide bonds. The molecule has 146 valence electrons. The molecule has 1 aliphatic carbocycles. The summed E-state index contributed by atoms with van der Waals surface area (Å²) in [5.74, 6) is 0.221. The predicted octanol–water partition coefficient (Wildman–Crippen LogP) is 4.46. The normalized spacial score (nSPS) is 14.7. The zero-order valence-electron chi connectivity index (χ0n) is 15.9. The van der Waals surface area contributed by atoms with Gasteiger partial charge >= 0.3 is 0 Å². The molecule has 0 fully saturated rings. The monoisotopic (exact) mass is 405 g/mol. The quantitative estimate of drug-likeness (QED) is 0.615. The highest BCUT2D eigenvalue weighted by molar-refractivity contribution is 6.33. The van der Waals surface area contributed by atoms with Gasteiger partial charge in [0, 0.05) is 22.7 Å². The van der Waals surface area contributed by atoms with E-state index in [1.54, 1.807) is 55.6 Å². The molecule has 0 aliphatic heterocycles. The van der Waals surface area contributed by atoms with Gasteiger partial charge in [-0.05, 0) is 41.8 Å². The van der Waals surface area contributed by atoms with Crippen LogP contribution in [0.4, 0.5) is 0 Å². The van der Waals surface area contributed by atoms with E-state index in [0.29, 0.717) is 40.4 Å². The fraction of sp³-hybridized carbons (Fsp3) is 0.167. The number of halogens is 1. The minimum absolute atomic E-state index is 0.223. The Bertz CT molecular complexity index is 1020. The Morgan fingerprint density at radius 1 is 0.862 bits per heavy atom. The van der Waals surface area contributed by atoms with Crippen LogP contribution >= 0.6 is 11.6 Å². The van der Waals surface area contributed by atoms with E-state index >= 15 is 0 Å². The van der Waals surface area contributed by atoms with Gasteiger partial charge in [0.2, 0.25) is 0 Å². The number of hydrogen-bond donors (Lipinski definition) is 1. The summed E-state index contributed by atoms with van der Waals surface area (Å²) in [6.45, 7) is 0.457. The number of Topliss-reactive ketones (excluding diaryl/α,β-unsaturated/α-hetero) is 2. The Labute approximate surface area is 174 Å². The number of hydrogen-bond acceptors (Lipinski definition) is 4. The average Bonchev–Trinajstić information content (AvgIpc) is 2.98. The fourth-order valence-electron chi connectivity index (χ4n) is 3.80. The van der Waals surface area contributed by atoms with Gasteiger partial charge in [-0.15, -0.1) is 0 Å². The first-order valence-corrected chi connectivity index (χ1v) is 9.76. The van der Waals surface area contributed by atoms with Gasteiger partial charge < -0.3 is 4.74 Å². The molecule has 0 unspecified atom stereocenters. The minimum atomic E-state index is -1.43.